The van der Waals surface area contributed by atoms with Crippen LogP contribution in [-0.2, 0) is 19.4 Å². The lowest BCUT2D eigenvalue weighted by Crippen LogP contribution is -2.36. The Bertz CT molecular complexity index is 925. The van der Waals surface area contributed by atoms with Gasteiger partial charge < -0.3 is 14.1 Å². The van der Waals surface area contributed by atoms with Crippen molar-refractivity contribution >= 4 is 25.9 Å². The normalized spacial score (nSPS) is 17.6. The summed E-state index contributed by atoms with van der Waals surface area (Å²) in [5, 5.41) is 8.43. The van der Waals surface area contributed by atoms with Crippen molar-refractivity contribution in [3.05, 3.63) is 23.9 Å². The predicted molar refractivity (Wildman–Crippen MR) is 89.7 cm³/mol. The number of oxime groups is 1. The van der Waals surface area contributed by atoms with E-state index in [-0.39, 0.29) is 11.5 Å². The molecule has 0 saturated heterocycles. The molecule has 8 heteroatoms. The number of nitrogens with zero attached hydrogens (tertiary/aromatic N) is 2. The lowest BCUT2D eigenvalue weighted by Gasteiger charge is -2.22. The third-order valence-corrected chi connectivity index (χ3v) is 6.58. The van der Waals surface area contributed by atoms with Crippen molar-refractivity contribution in [3.8, 4) is 5.75 Å². The maximum atomic E-state index is 13.1. The van der Waals surface area contributed by atoms with Gasteiger partial charge in [-0.15, -0.1) is 0 Å². The van der Waals surface area contributed by atoms with Crippen LogP contribution >= 0.6 is 0 Å². The molecular weight excluding hydrogens is 332 g/mol. The van der Waals surface area contributed by atoms with E-state index in [1.807, 2.05) is 0 Å². The van der Waals surface area contributed by atoms with Gasteiger partial charge in [-0.05, 0) is 45.9 Å². The average Bonchev–Trinajstić information content (AvgIpc) is 3.09. The van der Waals surface area contributed by atoms with Gasteiger partial charge in [0.2, 0.25) is 9.84 Å². The van der Waals surface area contributed by atoms with Gasteiger partial charge in [-0.25, -0.2) is 8.42 Å². The highest BCUT2D eigenvalue weighted by Crippen LogP contribution is 2.39. The van der Waals surface area contributed by atoms with Gasteiger partial charge in [0, 0.05) is 6.42 Å². The molecule has 2 heterocycles. The van der Waals surface area contributed by atoms with Gasteiger partial charge in [0.15, 0.2) is 10.6 Å². The second kappa shape index (κ2) is 5.20. The van der Waals surface area contributed by atoms with E-state index < -0.39 is 20.2 Å². The molecule has 1 aromatic carbocycles. The highest BCUT2D eigenvalue weighted by atomic mass is 32.2. The number of ether oxygens (including phenoxy) is 1. The van der Waals surface area contributed by atoms with Crippen LogP contribution in [0.1, 0.15) is 39.8 Å². The first-order valence-electron chi connectivity index (χ1n) is 7.52. The number of sulfone groups is 1. The topological polar surface area (TPSA) is 91.0 Å². The molecule has 0 saturated carbocycles. The zero-order valence-electron chi connectivity index (χ0n) is 14.3. The zero-order chi connectivity index (χ0) is 17.8. The molecule has 24 heavy (non-hydrogen) atoms. The number of rotatable bonds is 3. The number of fused-ring (bicyclic) bond motifs is 1. The van der Waals surface area contributed by atoms with Crippen LogP contribution in [-0.4, -0.2) is 31.3 Å². The molecule has 130 valence electrons. The number of hydrogen-bond donors (Lipinski definition) is 0. The summed E-state index contributed by atoms with van der Waals surface area (Å²) in [5.74, 6) is 0.600. The van der Waals surface area contributed by atoms with Crippen LogP contribution in [0, 0.1) is 0 Å². The summed E-state index contributed by atoms with van der Waals surface area (Å²) in [7, 11) is -2.24. The molecule has 0 bridgehead atoms. The molecule has 0 aliphatic carbocycles. The Hall–Kier alpha value is -2.09. The lowest BCUT2D eigenvalue weighted by molar-refractivity contribution is 0.0123. The van der Waals surface area contributed by atoms with Crippen LogP contribution < -0.4 is 4.74 Å². The second-order valence-corrected chi connectivity index (χ2v) is 9.42. The Labute approximate surface area is 140 Å². The molecule has 0 fully saturated rings. The zero-order valence-corrected chi connectivity index (χ0v) is 15.1. The summed E-state index contributed by atoms with van der Waals surface area (Å²) in [6.07, 6.45) is 0.220. The number of hydrogen-bond acceptors (Lipinski definition) is 7. The van der Waals surface area contributed by atoms with Crippen LogP contribution in [0.3, 0.4) is 0 Å². The van der Waals surface area contributed by atoms with Crippen molar-refractivity contribution in [2.75, 3.05) is 7.11 Å². The van der Waals surface area contributed by atoms with E-state index in [1.165, 1.54) is 0 Å². The molecule has 0 amide bonds. The van der Waals surface area contributed by atoms with Gasteiger partial charge in [-0.1, -0.05) is 10.3 Å². The quantitative estimate of drug-likeness (QED) is 0.843. The summed E-state index contributed by atoms with van der Waals surface area (Å²) >= 11 is 0. The molecule has 0 radical (unpaired) electrons. The monoisotopic (exact) mass is 352 g/mol. The fourth-order valence-corrected chi connectivity index (χ4v) is 4.31. The molecule has 1 aliphatic rings. The standard InChI is InChI=1S/C16H20N2O5S/c1-15(2)9-13(17-23-15)24(19,20)16(3,4)14-11-8-10(21-5)6-7-12(11)22-18-14/h6-8H,9H2,1-5H3. The van der Waals surface area contributed by atoms with E-state index in [2.05, 4.69) is 10.3 Å². The Morgan fingerprint density at radius 3 is 2.58 bits per heavy atom. The smallest absolute Gasteiger partial charge is 0.206 e. The van der Waals surface area contributed by atoms with Crippen LogP contribution in [0.2, 0.25) is 0 Å². The van der Waals surface area contributed by atoms with E-state index in [0.717, 1.165) is 0 Å². The molecule has 0 spiro atoms. The molecule has 1 aromatic heterocycles. The van der Waals surface area contributed by atoms with E-state index >= 15 is 0 Å². The van der Waals surface area contributed by atoms with Gasteiger partial charge in [-0.3, -0.25) is 0 Å². The van der Waals surface area contributed by atoms with Crippen molar-refractivity contribution in [1.82, 2.24) is 5.16 Å². The highest BCUT2D eigenvalue weighted by Gasteiger charge is 2.47. The van der Waals surface area contributed by atoms with E-state index in [4.69, 9.17) is 14.1 Å². The second-order valence-electron chi connectivity index (χ2n) is 6.92. The van der Waals surface area contributed by atoms with Gasteiger partial charge >= 0.3 is 0 Å². The Morgan fingerprint density at radius 1 is 1.29 bits per heavy atom. The van der Waals surface area contributed by atoms with E-state index in [0.29, 0.717) is 22.4 Å². The molecule has 3 rings (SSSR count). The number of aromatic nitrogens is 1. The van der Waals surface area contributed by atoms with E-state index in [9.17, 15) is 8.42 Å². The number of methoxy groups -OCH3 is 1. The van der Waals surface area contributed by atoms with Gasteiger partial charge in [0.25, 0.3) is 0 Å². The molecule has 0 atom stereocenters. The maximum absolute atomic E-state index is 13.1. The SMILES string of the molecule is COc1ccc2onc(C(C)(C)S(=O)(=O)C3=NOC(C)(C)C3)c2c1. The van der Waals surface area contributed by atoms with Crippen molar-refractivity contribution in [1.29, 1.82) is 0 Å². The van der Waals surface area contributed by atoms with Crippen molar-refractivity contribution in [2.45, 2.75) is 44.5 Å². The molecule has 2 aromatic rings. The Balaban J connectivity index is 2.11. The summed E-state index contributed by atoms with van der Waals surface area (Å²) in [6.45, 7) is 6.77. The summed E-state index contributed by atoms with van der Waals surface area (Å²) in [4.78, 5) is 5.22. The molecule has 1 aliphatic heterocycles. The first kappa shape index (κ1) is 16.8. The third-order valence-electron chi connectivity index (χ3n) is 4.20. The van der Waals surface area contributed by atoms with Crippen LogP contribution in [0.5, 0.6) is 5.75 Å². The first-order chi connectivity index (χ1) is 11.1. The van der Waals surface area contributed by atoms with Gasteiger partial charge in [0.05, 0.1) is 12.5 Å². The molecule has 0 unspecified atom stereocenters. The van der Waals surface area contributed by atoms with Crippen molar-refractivity contribution in [3.63, 3.8) is 0 Å². The van der Waals surface area contributed by atoms with E-state index in [1.54, 1.807) is 53.0 Å². The van der Waals surface area contributed by atoms with Crippen molar-refractivity contribution < 1.29 is 22.5 Å². The van der Waals surface area contributed by atoms with Crippen molar-refractivity contribution in [2.24, 2.45) is 5.16 Å². The van der Waals surface area contributed by atoms with Gasteiger partial charge in [-0.2, -0.15) is 0 Å². The molecule has 7 nitrogen and oxygen atoms in total. The summed E-state index contributed by atoms with van der Waals surface area (Å²) in [5.41, 5.74) is 0.191. The number of benzene rings is 1. The average molecular weight is 352 g/mol. The fraction of sp³-hybridized carbons (Fsp3) is 0.500. The van der Waals surface area contributed by atoms with Crippen LogP contribution in [0.25, 0.3) is 11.0 Å². The summed E-state index contributed by atoms with van der Waals surface area (Å²) < 4.78 is 35.4. The fourth-order valence-electron chi connectivity index (χ4n) is 2.65. The third kappa shape index (κ3) is 2.45. The highest BCUT2D eigenvalue weighted by molar-refractivity contribution is 8.07. The molecule has 0 N–H and O–H groups in total. The first-order valence-corrected chi connectivity index (χ1v) is 9.00. The minimum Gasteiger partial charge on any atom is -0.497 e. The largest absolute Gasteiger partial charge is 0.497 e. The minimum absolute atomic E-state index is 0.0246. The summed E-state index contributed by atoms with van der Waals surface area (Å²) in [6, 6.07) is 5.15. The molecular formula is C16H20N2O5S. The Morgan fingerprint density at radius 2 is 2.00 bits per heavy atom. The Kier molecular flexibility index (Phi) is 3.63. The van der Waals surface area contributed by atoms with Crippen LogP contribution in [0.4, 0.5) is 0 Å². The minimum atomic E-state index is -3.78. The van der Waals surface area contributed by atoms with Gasteiger partial charge in [0.1, 0.15) is 21.8 Å². The predicted octanol–water partition coefficient (Wildman–Crippen LogP) is 3.00. The lowest BCUT2D eigenvalue weighted by atomic mass is 10.1. The van der Waals surface area contributed by atoms with Crippen LogP contribution in [0.15, 0.2) is 27.9 Å². The maximum Gasteiger partial charge on any atom is 0.206 e.